The Morgan fingerprint density at radius 3 is 2.06 bits per heavy atom. The van der Waals surface area contributed by atoms with Crippen molar-refractivity contribution in [3.05, 3.63) is 27.2 Å². The van der Waals surface area contributed by atoms with Gasteiger partial charge in [-0.15, -0.1) is 0 Å². The molecule has 5 heteroatoms. The summed E-state index contributed by atoms with van der Waals surface area (Å²) in [5, 5.41) is 1.40. The van der Waals surface area contributed by atoms with Crippen LogP contribution >= 0.6 is 34.8 Å². The topological polar surface area (TPSA) is 12.5 Å². The van der Waals surface area contributed by atoms with E-state index in [1.807, 2.05) is 0 Å². The lowest BCUT2D eigenvalue weighted by Gasteiger charge is -2.18. The molecular formula is C12H16Cl3NO. The van der Waals surface area contributed by atoms with Crippen molar-refractivity contribution in [1.82, 2.24) is 4.90 Å². The molecule has 0 aliphatic heterocycles. The van der Waals surface area contributed by atoms with E-state index in [2.05, 4.69) is 18.7 Å². The highest BCUT2D eigenvalue weighted by Gasteiger charge is 2.09. The van der Waals surface area contributed by atoms with Crippen LogP contribution in [-0.4, -0.2) is 31.1 Å². The van der Waals surface area contributed by atoms with Crippen LogP contribution in [0.3, 0.4) is 0 Å². The fourth-order valence-corrected chi connectivity index (χ4v) is 2.41. The van der Waals surface area contributed by atoms with Crippen LogP contribution < -0.4 is 4.74 Å². The predicted molar refractivity (Wildman–Crippen MR) is 74.8 cm³/mol. The molecule has 0 aromatic heterocycles. The third-order valence-corrected chi connectivity index (χ3v) is 3.29. The molecule has 0 saturated carbocycles. The molecule has 0 bridgehead atoms. The maximum atomic E-state index is 6.01. The molecule has 0 heterocycles. The van der Waals surface area contributed by atoms with E-state index in [4.69, 9.17) is 39.5 Å². The smallest absolute Gasteiger partial charge is 0.156 e. The minimum Gasteiger partial charge on any atom is -0.489 e. The monoisotopic (exact) mass is 295 g/mol. The second-order valence-electron chi connectivity index (χ2n) is 3.57. The maximum Gasteiger partial charge on any atom is 0.156 e. The summed E-state index contributed by atoms with van der Waals surface area (Å²) in [6.45, 7) is 7.65. The van der Waals surface area contributed by atoms with Gasteiger partial charge in [0.05, 0.1) is 10.0 Å². The molecule has 0 N–H and O–H groups in total. The van der Waals surface area contributed by atoms with Gasteiger partial charge >= 0.3 is 0 Å². The molecule has 0 atom stereocenters. The summed E-state index contributed by atoms with van der Waals surface area (Å²) in [7, 11) is 0. The summed E-state index contributed by atoms with van der Waals surface area (Å²) in [5.74, 6) is 0.505. The van der Waals surface area contributed by atoms with Gasteiger partial charge in [0.2, 0.25) is 0 Å². The fraction of sp³-hybridized carbons (Fsp3) is 0.500. The van der Waals surface area contributed by atoms with Crippen LogP contribution in [0.5, 0.6) is 5.75 Å². The second kappa shape index (κ2) is 7.32. The van der Waals surface area contributed by atoms with Crippen LogP contribution in [0.25, 0.3) is 0 Å². The Hall–Kier alpha value is -0.150. The molecule has 1 rings (SSSR count). The van der Waals surface area contributed by atoms with Gasteiger partial charge in [0.25, 0.3) is 0 Å². The minimum atomic E-state index is 0.446. The van der Waals surface area contributed by atoms with Crippen molar-refractivity contribution in [2.24, 2.45) is 0 Å². The maximum absolute atomic E-state index is 6.01. The molecule has 1 aromatic rings. The number of benzene rings is 1. The van der Waals surface area contributed by atoms with Crippen molar-refractivity contribution in [1.29, 1.82) is 0 Å². The molecule has 96 valence electrons. The van der Waals surface area contributed by atoms with Gasteiger partial charge < -0.3 is 9.64 Å². The standard InChI is InChI=1S/C12H16Cl3NO/c1-3-16(4-2)5-6-17-12-10(14)7-9(13)8-11(12)15/h7-8H,3-6H2,1-2H3. The van der Waals surface area contributed by atoms with Crippen LogP contribution in [0.4, 0.5) is 0 Å². The van der Waals surface area contributed by atoms with Crippen LogP contribution in [0.1, 0.15) is 13.8 Å². The first kappa shape index (κ1) is 14.9. The molecule has 2 nitrogen and oxygen atoms in total. The zero-order chi connectivity index (χ0) is 12.8. The van der Waals surface area contributed by atoms with E-state index in [1.165, 1.54) is 0 Å². The fourth-order valence-electron chi connectivity index (χ4n) is 1.48. The molecule has 0 aliphatic rings. The summed E-state index contributed by atoms with van der Waals surface area (Å²) in [5.41, 5.74) is 0. The van der Waals surface area contributed by atoms with E-state index in [0.717, 1.165) is 19.6 Å². The number of likely N-dealkylation sites (N-methyl/N-ethyl adjacent to an activating group) is 1. The number of nitrogens with zero attached hydrogens (tertiary/aromatic N) is 1. The summed E-state index contributed by atoms with van der Waals surface area (Å²) in [6.07, 6.45) is 0. The summed E-state index contributed by atoms with van der Waals surface area (Å²) >= 11 is 17.8. The van der Waals surface area contributed by atoms with Crippen LogP contribution in [0.15, 0.2) is 12.1 Å². The van der Waals surface area contributed by atoms with Crippen molar-refractivity contribution in [3.63, 3.8) is 0 Å². The van der Waals surface area contributed by atoms with E-state index in [1.54, 1.807) is 12.1 Å². The zero-order valence-corrected chi connectivity index (χ0v) is 12.2. The van der Waals surface area contributed by atoms with E-state index >= 15 is 0 Å². The molecule has 0 radical (unpaired) electrons. The first-order valence-electron chi connectivity index (χ1n) is 5.58. The van der Waals surface area contributed by atoms with Gasteiger partial charge in [0.1, 0.15) is 6.61 Å². The number of rotatable bonds is 6. The molecule has 0 saturated heterocycles. The highest BCUT2D eigenvalue weighted by Crippen LogP contribution is 2.35. The first-order chi connectivity index (χ1) is 8.08. The number of ether oxygens (including phenoxy) is 1. The Balaban J connectivity index is 2.58. The van der Waals surface area contributed by atoms with E-state index in [9.17, 15) is 0 Å². The normalized spacial score (nSPS) is 10.9. The van der Waals surface area contributed by atoms with Gasteiger partial charge in [-0.1, -0.05) is 48.7 Å². The number of halogens is 3. The molecule has 0 aliphatic carbocycles. The zero-order valence-electron chi connectivity index (χ0n) is 9.97. The van der Waals surface area contributed by atoms with Crippen molar-refractivity contribution in [2.75, 3.05) is 26.2 Å². The Morgan fingerprint density at radius 1 is 1.06 bits per heavy atom. The molecule has 0 fully saturated rings. The lowest BCUT2D eigenvalue weighted by Crippen LogP contribution is -2.27. The third-order valence-electron chi connectivity index (χ3n) is 2.51. The lowest BCUT2D eigenvalue weighted by atomic mass is 10.3. The average Bonchev–Trinajstić information content (AvgIpc) is 2.27. The number of hydrogen-bond acceptors (Lipinski definition) is 2. The Labute approximate surface area is 117 Å². The summed E-state index contributed by atoms with van der Waals surface area (Å²) in [6, 6.07) is 3.25. The van der Waals surface area contributed by atoms with Gasteiger partial charge in [-0.25, -0.2) is 0 Å². The number of hydrogen-bond donors (Lipinski definition) is 0. The Bertz CT molecular complexity index is 344. The molecule has 0 amide bonds. The van der Waals surface area contributed by atoms with Gasteiger partial charge in [-0.2, -0.15) is 0 Å². The van der Waals surface area contributed by atoms with Crippen LogP contribution in [-0.2, 0) is 0 Å². The van der Waals surface area contributed by atoms with E-state index in [0.29, 0.717) is 27.4 Å². The SMILES string of the molecule is CCN(CC)CCOc1c(Cl)cc(Cl)cc1Cl. The second-order valence-corrected chi connectivity index (χ2v) is 4.82. The van der Waals surface area contributed by atoms with Crippen molar-refractivity contribution in [3.8, 4) is 5.75 Å². The predicted octanol–water partition coefficient (Wildman–Crippen LogP) is 4.37. The highest BCUT2D eigenvalue weighted by molar-refractivity contribution is 6.40. The average molecular weight is 297 g/mol. The lowest BCUT2D eigenvalue weighted by molar-refractivity contribution is 0.223. The Morgan fingerprint density at radius 2 is 1.59 bits per heavy atom. The molecule has 1 aromatic carbocycles. The summed E-state index contributed by atoms with van der Waals surface area (Å²) in [4.78, 5) is 2.26. The Kier molecular flexibility index (Phi) is 6.42. The van der Waals surface area contributed by atoms with Crippen molar-refractivity contribution in [2.45, 2.75) is 13.8 Å². The van der Waals surface area contributed by atoms with Gasteiger partial charge in [0.15, 0.2) is 5.75 Å². The summed E-state index contributed by atoms with van der Waals surface area (Å²) < 4.78 is 5.59. The highest BCUT2D eigenvalue weighted by atomic mass is 35.5. The third kappa shape index (κ3) is 4.55. The van der Waals surface area contributed by atoms with Gasteiger partial charge in [0, 0.05) is 11.6 Å². The van der Waals surface area contributed by atoms with Crippen molar-refractivity contribution < 1.29 is 4.74 Å². The van der Waals surface area contributed by atoms with Crippen LogP contribution in [0, 0.1) is 0 Å². The largest absolute Gasteiger partial charge is 0.489 e. The van der Waals surface area contributed by atoms with Gasteiger partial charge in [-0.3, -0.25) is 0 Å². The molecular weight excluding hydrogens is 280 g/mol. The molecule has 17 heavy (non-hydrogen) atoms. The van der Waals surface area contributed by atoms with Crippen molar-refractivity contribution >= 4 is 34.8 Å². The minimum absolute atomic E-state index is 0.446. The quantitative estimate of drug-likeness (QED) is 0.773. The van der Waals surface area contributed by atoms with Crippen LogP contribution in [0.2, 0.25) is 15.1 Å². The van der Waals surface area contributed by atoms with E-state index < -0.39 is 0 Å². The molecule has 0 spiro atoms. The molecule has 0 unspecified atom stereocenters. The first-order valence-corrected chi connectivity index (χ1v) is 6.71. The van der Waals surface area contributed by atoms with E-state index in [-0.39, 0.29) is 0 Å². The van der Waals surface area contributed by atoms with Gasteiger partial charge in [-0.05, 0) is 25.2 Å².